The monoisotopic (exact) mass is 398 g/mol. The van der Waals surface area contributed by atoms with Gasteiger partial charge in [-0.3, -0.25) is 9.89 Å². The lowest BCUT2D eigenvalue weighted by molar-refractivity contribution is 0.347. The second-order valence-corrected chi connectivity index (χ2v) is 10.6. The minimum atomic E-state index is -0.240. The van der Waals surface area contributed by atoms with Gasteiger partial charge in [-0.25, -0.2) is 0 Å². The van der Waals surface area contributed by atoms with E-state index in [9.17, 15) is 0 Å². The fourth-order valence-corrected chi connectivity index (χ4v) is 2.67. The Morgan fingerprint density at radius 2 is 2.07 bits per heavy atom. The third-order valence-corrected chi connectivity index (χ3v) is 2.89. The topological polar surface area (TPSA) is 15.6 Å². The second-order valence-electron chi connectivity index (χ2n) is 3.37. The average Bonchev–Trinajstić information content (AvgIpc) is 2.15. The molecule has 1 atom stereocenters. The Balaban J connectivity index is 2.71. The van der Waals surface area contributed by atoms with Gasteiger partial charge in [-0.05, 0) is 13.1 Å². The van der Waals surface area contributed by atoms with Crippen molar-refractivity contribution in [1.82, 2.24) is 4.90 Å². The molecule has 2 nitrogen and oxygen atoms in total. The first-order valence-corrected chi connectivity index (χ1v) is 6.90. The summed E-state index contributed by atoms with van der Waals surface area (Å²) in [5.41, 5.74) is 1.08. The van der Waals surface area contributed by atoms with Crippen LogP contribution < -0.4 is 0 Å². The molecule has 0 fully saturated rings. The molecule has 0 saturated heterocycles. The van der Waals surface area contributed by atoms with Gasteiger partial charge in [0.15, 0.2) is 0 Å². The molecule has 1 aliphatic rings. The van der Waals surface area contributed by atoms with E-state index < -0.39 is 0 Å². The van der Waals surface area contributed by atoms with Crippen LogP contribution in [0.15, 0.2) is 29.3 Å². The van der Waals surface area contributed by atoms with E-state index in [-0.39, 0.29) is 8.18 Å². The molecule has 0 aromatic rings. The van der Waals surface area contributed by atoms with E-state index in [0.717, 1.165) is 12.3 Å². The van der Waals surface area contributed by atoms with Crippen LogP contribution in [0.2, 0.25) is 0 Å². The number of aliphatic imine (C=N–C) groups is 1. The highest BCUT2D eigenvalue weighted by Crippen LogP contribution is 2.34. The van der Waals surface area contributed by atoms with E-state index in [1.54, 1.807) is 0 Å². The van der Waals surface area contributed by atoms with Crippen LogP contribution in [0, 0.1) is 0 Å². The van der Waals surface area contributed by atoms with Crippen LogP contribution in [0.3, 0.4) is 0 Å². The molecule has 1 aliphatic carbocycles. The lowest BCUT2D eigenvalue weighted by Gasteiger charge is -2.30. The minimum Gasteiger partial charge on any atom is -0.292 e. The Hall–Kier alpha value is 0.550. The molecule has 0 heterocycles. The van der Waals surface area contributed by atoms with Gasteiger partial charge in [0.25, 0.3) is 0 Å². The third-order valence-electron chi connectivity index (χ3n) is 2.14. The van der Waals surface area contributed by atoms with Crippen LogP contribution in [-0.2, 0) is 0 Å². The molecule has 1 rings (SSSR count). The molecule has 0 amide bonds. The molecule has 0 aromatic carbocycles. The highest BCUT2D eigenvalue weighted by molar-refractivity contribution is 9.39. The molecule has 0 spiro atoms. The molecule has 0 aliphatic heterocycles. The maximum Gasteiger partial charge on any atom is 0.147 e. The maximum absolute atomic E-state index is 4.27. The van der Waals surface area contributed by atoms with Crippen LogP contribution in [0.1, 0.15) is 0 Å². The summed E-state index contributed by atoms with van der Waals surface area (Å²) in [6, 6.07) is 0.243. The highest BCUT2D eigenvalue weighted by atomic mass is 80.0. The highest BCUT2D eigenvalue weighted by Gasteiger charge is 2.25. The summed E-state index contributed by atoms with van der Waals surface area (Å²) in [5.74, 6) is 0. The molecule has 0 aromatic heterocycles. The quantitative estimate of drug-likeness (QED) is 0.649. The molecule has 0 saturated carbocycles. The van der Waals surface area contributed by atoms with Crippen molar-refractivity contribution in [3.8, 4) is 0 Å². The van der Waals surface area contributed by atoms with Gasteiger partial charge in [0.2, 0.25) is 0 Å². The number of allylic oxidation sites excluding steroid dienone is 2. The zero-order chi connectivity index (χ0) is 11.5. The van der Waals surface area contributed by atoms with E-state index in [1.807, 2.05) is 25.3 Å². The number of nitrogens with zero attached hydrogens (tertiary/aromatic N) is 2. The molecule has 0 N–H and O–H groups in total. The van der Waals surface area contributed by atoms with Gasteiger partial charge in [-0.15, -0.1) is 0 Å². The lowest BCUT2D eigenvalue weighted by atomic mass is 10.1. The van der Waals surface area contributed by atoms with Gasteiger partial charge < -0.3 is 0 Å². The fourth-order valence-electron chi connectivity index (χ4n) is 1.48. The smallest absolute Gasteiger partial charge is 0.147 e. The average molecular weight is 401 g/mol. The van der Waals surface area contributed by atoms with Crippen LogP contribution in [0.4, 0.5) is 0 Å². The number of hydrogen-bond acceptors (Lipinski definition) is 2. The molecule has 1 unspecified atom stereocenters. The van der Waals surface area contributed by atoms with Crippen LogP contribution in [0.5, 0.6) is 0 Å². The Labute approximate surface area is 116 Å². The number of halogens is 3. The van der Waals surface area contributed by atoms with Gasteiger partial charge in [0.1, 0.15) is 2.14 Å². The number of alkyl halides is 3. The van der Waals surface area contributed by atoms with Crippen molar-refractivity contribution in [1.29, 1.82) is 0 Å². The standard InChI is InChI=1S/C10H13Br3N2/c1-14-8-5-3-4-6-9(8)15(2)7-10(11,12)13/h3-6,9H,7H2,1-2H3. The Morgan fingerprint density at radius 3 is 2.60 bits per heavy atom. The minimum absolute atomic E-state index is 0.240. The van der Waals surface area contributed by atoms with Crippen molar-refractivity contribution in [2.24, 2.45) is 4.99 Å². The van der Waals surface area contributed by atoms with Gasteiger partial charge in [0.05, 0.1) is 11.8 Å². The summed E-state index contributed by atoms with van der Waals surface area (Å²) < 4.78 is -0.240. The molecule has 15 heavy (non-hydrogen) atoms. The Morgan fingerprint density at radius 1 is 1.40 bits per heavy atom. The maximum atomic E-state index is 4.27. The third kappa shape index (κ3) is 4.51. The lowest BCUT2D eigenvalue weighted by Crippen LogP contribution is -2.41. The zero-order valence-electron chi connectivity index (χ0n) is 8.62. The van der Waals surface area contributed by atoms with E-state index >= 15 is 0 Å². The van der Waals surface area contributed by atoms with E-state index in [0.29, 0.717) is 0 Å². The van der Waals surface area contributed by atoms with Crippen LogP contribution in [0.25, 0.3) is 0 Å². The summed E-state index contributed by atoms with van der Waals surface area (Å²) in [5, 5.41) is 0. The second kappa shape index (κ2) is 5.75. The van der Waals surface area contributed by atoms with Gasteiger partial charge in [-0.1, -0.05) is 66.0 Å². The largest absolute Gasteiger partial charge is 0.292 e. The SMILES string of the molecule is CN=C1C=CC=CC1N(C)CC(Br)(Br)Br. The van der Waals surface area contributed by atoms with Gasteiger partial charge >= 0.3 is 0 Å². The fraction of sp³-hybridized carbons (Fsp3) is 0.500. The normalized spacial score (nSPS) is 24.1. The van der Waals surface area contributed by atoms with Crippen molar-refractivity contribution in [3.63, 3.8) is 0 Å². The first-order valence-electron chi connectivity index (χ1n) is 4.52. The molecule has 5 heteroatoms. The molecule has 0 radical (unpaired) electrons. The molecule has 0 bridgehead atoms. The summed E-state index contributed by atoms with van der Waals surface area (Å²) in [6.07, 6.45) is 8.24. The first-order chi connectivity index (χ1) is 6.94. The number of likely N-dealkylation sites (N-methyl/N-ethyl adjacent to an activating group) is 1. The van der Waals surface area contributed by atoms with Crippen LogP contribution in [-0.4, -0.2) is 39.4 Å². The van der Waals surface area contributed by atoms with Crippen LogP contribution >= 0.6 is 47.8 Å². The summed E-state index contributed by atoms with van der Waals surface area (Å²) in [7, 11) is 3.89. The molecule has 84 valence electrons. The van der Waals surface area contributed by atoms with Crippen molar-refractivity contribution >= 4 is 53.5 Å². The predicted molar refractivity (Wildman–Crippen MR) is 77.6 cm³/mol. The Kier molecular flexibility index (Phi) is 5.22. The van der Waals surface area contributed by atoms with E-state index in [1.165, 1.54) is 0 Å². The number of hydrogen-bond donors (Lipinski definition) is 0. The molecular weight excluding hydrogens is 388 g/mol. The first kappa shape index (κ1) is 13.6. The van der Waals surface area contributed by atoms with Crippen molar-refractivity contribution in [2.75, 3.05) is 20.6 Å². The summed E-state index contributed by atoms with van der Waals surface area (Å²) >= 11 is 10.5. The van der Waals surface area contributed by atoms with E-state index in [4.69, 9.17) is 0 Å². The van der Waals surface area contributed by atoms with Gasteiger partial charge in [0, 0.05) is 13.6 Å². The zero-order valence-corrected chi connectivity index (χ0v) is 13.4. The summed E-state index contributed by atoms with van der Waals surface area (Å²) in [4.78, 5) is 6.48. The van der Waals surface area contributed by atoms with Crippen molar-refractivity contribution < 1.29 is 0 Å². The number of rotatable bonds is 2. The van der Waals surface area contributed by atoms with Crippen molar-refractivity contribution in [3.05, 3.63) is 24.3 Å². The predicted octanol–water partition coefficient (Wildman–Crippen LogP) is 3.32. The Bertz CT molecular complexity index is 302. The van der Waals surface area contributed by atoms with Crippen molar-refractivity contribution in [2.45, 2.75) is 8.18 Å². The summed E-state index contributed by atoms with van der Waals surface area (Å²) in [6.45, 7) is 0.814. The van der Waals surface area contributed by atoms with Gasteiger partial charge in [-0.2, -0.15) is 0 Å². The van der Waals surface area contributed by atoms with E-state index in [2.05, 4.69) is 70.8 Å². The molecular formula is C10H13Br3N2.